The zero-order valence-electron chi connectivity index (χ0n) is 12.8. The van der Waals surface area contributed by atoms with Crippen LogP contribution in [0, 0.1) is 6.92 Å². The van der Waals surface area contributed by atoms with E-state index in [9.17, 15) is 9.00 Å². The molecule has 0 radical (unpaired) electrons. The third kappa shape index (κ3) is 3.71. The molecule has 0 aliphatic rings. The number of carbonyl (C=O) groups excluding carboxylic acids is 1. The van der Waals surface area contributed by atoms with Crippen LogP contribution < -0.4 is 10.1 Å². The molecule has 1 aromatic carbocycles. The first kappa shape index (κ1) is 16.2. The molecule has 0 aliphatic heterocycles. The Bertz CT molecular complexity index is 716. The van der Waals surface area contributed by atoms with Gasteiger partial charge in [0, 0.05) is 34.7 Å². The van der Waals surface area contributed by atoms with Gasteiger partial charge in [0.25, 0.3) is 5.91 Å². The average molecular weight is 318 g/mol. The first-order chi connectivity index (χ1) is 10.5. The van der Waals surface area contributed by atoms with E-state index in [1.807, 2.05) is 25.1 Å². The van der Waals surface area contributed by atoms with Crippen LogP contribution in [0.15, 0.2) is 36.5 Å². The third-order valence-electron chi connectivity index (χ3n) is 3.26. The summed E-state index contributed by atoms with van der Waals surface area (Å²) in [6.45, 7) is 1.90. The van der Waals surface area contributed by atoms with Crippen LogP contribution in [-0.2, 0) is 16.6 Å². The van der Waals surface area contributed by atoms with Gasteiger partial charge in [0.1, 0.15) is 5.56 Å². The molecular formula is C16H18N2O3S. The molecule has 0 spiro atoms. The van der Waals surface area contributed by atoms with Crippen LogP contribution >= 0.6 is 0 Å². The Hall–Kier alpha value is -2.21. The summed E-state index contributed by atoms with van der Waals surface area (Å²) < 4.78 is 16.5. The fraction of sp³-hybridized carbons (Fsp3) is 0.250. The van der Waals surface area contributed by atoms with E-state index < -0.39 is 10.8 Å². The predicted octanol–water partition coefficient (Wildman–Crippen LogP) is 2.53. The highest BCUT2D eigenvalue weighted by atomic mass is 32.2. The van der Waals surface area contributed by atoms with E-state index in [0.717, 1.165) is 11.1 Å². The number of methoxy groups -OCH3 is 1. The molecule has 1 amide bonds. The predicted molar refractivity (Wildman–Crippen MR) is 87.7 cm³/mol. The average Bonchev–Trinajstić information content (AvgIpc) is 2.50. The van der Waals surface area contributed by atoms with Crippen molar-refractivity contribution in [2.24, 2.45) is 0 Å². The van der Waals surface area contributed by atoms with Gasteiger partial charge < -0.3 is 10.1 Å². The highest BCUT2D eigenvalue weighted by Gasteiger charge is 2.14. The lowest BCUT2D eigenvalue weighted by atomic mass is 10.1. The maximum Gasteiger partial charge on any atom is 0.261 e. The summed E-state index contributed by atoms with van der Waals surface area (Å²) in [5.41, 5.74) is 2.93. The number of ether oxygens (including phenoxy) is 1. The number of nitrogens with zero attached hydrogens (tertiary/aromatic N) is 1. The van der Waals surface area contributed by atoms with E-state index in [2.05, 4.69) is 10.3 Å². The highest BCUT2D eigenvalue weighted by Crippen LogP contribution is 2.22. The monoisotopic (exact) mass is 318 g/mol. The van der Waals surface area contributed by atoms with Crippen molar-refractivity contribution in [1.29, 1.82) is 0 Å². The van der Waals surface area contributed by atoms with Crippen LogP contribution in [0.25, 0.3) is 0 Å². The summed E-state index contributed by atoms with van der Waals surface area (Å²) in [6, 6.07) is 8.91. The molecule has 0 saturated carbocycles. The molecule has 0 saturated heterocycles. The van der Waals surface area contributed by atoms with Gasteiger partial charge in [-0.05, 0) is 36.2 Å². The minimum atomic E-state index is -0.932. The van der Waals surface area contributed by atoms with Gasteiger partial charge in [-0.1, -0.05) is 12.1 Å². The molecule has 2 rings (SSSR count). The SMILES string of the molecule is COc1ncccc1C(=O)Nc1cccc(C[S@](C)=O)c1C. The minimum Gasteiger partial charge on any atom is -0.480 e. The summed E-state index contributed by atoms with van der Waals surface area (Å²) in [6.07, 6.45) is 3.23. The molecule has 5 nitrogen and oxygen atoms in total. The fourth-order valence-electron chi connectivity index (χ4n) is 2.11. The summed E-state index contributed by atoms with van der Waals surface area (Å²) in [5, 5.41) is 2.86. The number of benzene rings is 1. The van der Waals surface area contributed by atoms with E-state index in [4.69, 9.17) is 4.74 Å². The molecule has 22 heavy (non-hydrogen) atoms. The first-order valence-electron chi connectivity index (χ1n) is 6.71. The van der Waals surface area contributed by atoms with E-state index in [-0.39, 0.29) is 11.8 Å². The Morgan fingerprint density at radius 2 is 2.09 bits per heavy atom. The molecule has 116 valence electrons. The molecule has 6 heteroatoms. The zero-order chi connectivity index (χ0) is 16.1. The normalized spacial score (nSPS) is 11.8. The van der Waals surface area contributed by atoms with Gasteiger partial charge in [0.05, 0.1) is 7.11 Å². The quantitative estimate of drug-likeness (QED) is 0.920. The Labute approximate surface area is 132 Å². The molecule has 0 bridgehead atoms. The lowest BCUT2D eigenvalue weighted by Gasteiger charge is -2.13. The number of hydrogen-bond acceptors (Lipinski definition) is 4. The Morgan fingerprint density at radius 1 is 1.32 bits per heavy atom. The lowest BCUT2D eigenvalue weighted by molar-refractivity contribution is 0.102. The van der Waals surface area contributed by atoms with E-state index in [1.165, 1.54) is 7.11 Å². The number of hydrogen-bond donors (Lipinski definition) is 1. The van der Waals surface area contributed by atoms with Crippen molar-refractivity contribution in [2.75, 3.05) is 18.7 Å². The molecule has 1 N–H and O–H groups in total. The van der Waals surface area contributed by atoms with Gasteiger partial charge in [-0.25, -0.2) is 4.98 Å². The van der Waals surface area contributed by atoms with Crippen molar-refractivity contribution in [3.05, 3.63) is 53.2 Å². The van der Waals surface area contributed by atoms with Crippen molar-refractivity contribution in [1.82, 2.24) is 4.98 Å². The molecule has 1 heterocycles. The summed E-state index contributed by atoms with van der Waals surface area (Å²) in [5.74, 6) is 0.456. The van der Waals surface area contributed by atoms with Crippen molar-refractivity contribution in [3.8, 4) is 5.88 Å². The van der Waals surface area contributed by atoms with Crippen molar-refractivity contribution in [3.63, 3.8) is 0 Å². The smallest absolute Gasteiger partial charge is 0.261 e. The first-order valence-corrected chi connectivity index (χ1v) is 8.44. The number of aromatic nitrogens is 1. The number of amides is 1. The van der Waals surface area contributed by atoms with Gasteiger partial charge >= 0.3 is 0 Å². The second-order valence-corrected chi connectivity index (χ2v) is 6.26. The van der Waals surface area contributed by atoms with E-state index in [0.29, 0.717) is 17.0 Å². The molecule has 1 atom stereocenters. The van der Waals surface area contributed by atoms with Crippen molar-refractivity contribution in [2.45, 2.75) is 12.7 Å². The van der Waals surface area contributed by atoms with E-state index >= 15 is 0 Å². The number of anilines is 1. The fourth-order valence-corrected chi connectivity index (χ4v) is 2.86. The van der Waals surface area contributed by atoms with Gasteiger partial charge in [0.15, 0.2) is 0 Å². The number of pyridine rings is 1. The van der Waals surface area contributed by atoms with Gasteiger partial charge in [-0.3, -0.25) is 9.00 Å². The zero-order valence-corrected chi connectivity index (χ0v) is 13.6. The van der Waals surface area contributed by atoms with Crippen LogP contribution in [0.5, 0.6) is 5.88 Å². The summed E-state index contributed by atoms with van der Waals surface area (Å²) in [7, 11) is 0.542. The molecule has 2 aromatic rings. The highest BCUT2D eigenvalue weighted by molar-refractivity contribution is 7.83. The largest absolute Gasteiger partial charge is 0.480 e. The Kier molecular flexibility index (Phi) is 5.27. The molecule has 0 aliphatic carbocycles. The molecule has 0 unspecified atom stereocenters. The van der Waals surface area contributed by atoms with Crippen LogP contribution in [0.1, 0.15) is 21.5 Å². The van der Waals surface area contributed by atoms with Crippen molar-refractivity contribution >= 4 is 22.4 Å². The summed E-state index contributed by atoms with van der Waals surface area (Å²) >= 11 is 0. The standard InChI is InChI=1S/C16H18N2O3S/c1-11-12(10-22(3)20)6-4-8-14(11)18-15(19)13-7-5-9-17-16(13)21-2/h4-9H,10H2,1-3H3,(H,18,19)/t22-/m0/s1. The second kappa shape index (κ2) is 7.17. The Balaban J connectivity index is 2.27. The topological polar surface area (TPSA) is 68.3 Å². The lowest BCUT2D eigenvalue weighted by Crippen LogP contribution is -2.15. The van der Waals surface area contributed by atoms with Gasteiger partial charge in [-0.2, -0.15) is 0 Å². The number of nitrogens with one attached hydrogen (secondary N) is 1. The maximum atomic E-state index is 12.4. The number of carbonyl (C=O) groups is 1. The van der Waals surface area contributed by atoms with Gasteiger partial charge in [0.2, 0.25) is 5.88 Å². The van der Waals surface area contributed by atoms with E-state index in [1.54, 1.807) is 24.6 Å². The van der Waals surface area contributed by atoms with Crippen LogP contribution in [0.4, 0.5) is 5.69 Å². The molecule has 0 fully saturated rings. The minimum absolute atomic E-state index is 0.281. The van der Waals surface area contributed by atoms with Crippen molar-refractivity contribution < 1.29 is 13.7 Å². The molecule has 1 aromatic heterocycles. The van der Waals surface area contributed by atoms with Crippen LogP contribution in [0.2, 0.25) is 0 Å². The van der Waals surface area contributed by atoms with Crippen LogP contribution in [-0.4, -0.2) is 28.5 Å². The molecular weight excluding hydrogens is 300 g/mol. The Morgan fingerprint density at radius 3 is 2.77 bits per heavy atom. The maximum absolute atomic E-state index is 12.4. The number of rotatable bonds is 5. The van der Waals surface area contributed by atoms with Gasteiger partial charge in [-0.15, -0.1) is 0 Å². The summed E-state index contributed by atoms with van der Waals surface area (Å²) in [4.78, 5) is 16.4. The third-order valence-corrected chi connectivity index (χ3v) is 3.98. The second-order valence-electron chi connectivity index (χ2n) is 4.82. The van der Waals surface area contributed by atoms with Crippen LogP contribution in [0.3, 0.4) is 0 Å².